The maximum Gasteiger partial charge on any atom is 0.335 e. The van der Waals surface area contributed by atoms with E-state index in [0.717, 1.165) is 5.33 Å². The van der Waals surface area contributed by atoms with Gasteiger partial charge < -0.3 is 4.74 Å². The molecule has 3 nitrogen and oxygen atoms in total. The van der Waals surface area contributed by atoms with Gasteiger partial charge >= 0.3 is 5.97 Å². The molecule has 1 aliphatic heterocycles. The van der Waals surface area contributed by atoms with Gasteiger partial charge in [0.05, 0.1) is 18.7 Å². The molecule has 1 rings (SSSR count). The molecule has 0 aliphatic carbocycles. The van der Waals surface area contributed by atoms with Crippen LogP contribution in [0.1, 0.15) is 6.92 Å². The van der Waals surface area contributed by atoms with Gasteiger partial charge in [-0.25, -0.2) is 4.79 Å². The summed E-state index contributed by atoms with van der Waals surface area (Å²) in [5.41, 5.74) is 0.698. The monoisotopic (exact) mass is 211 g/mol. The number of rotatable bonds is 3. The molecule has 14 heavy (non-hydrogen) atoms. The van der Waals surface area contributed by atoms with Crippen molar-refractivity contribution in [3.63, 3.8) is 0 Å². The molecule has 0 saturated carbocycles. The highest BCUT2D eigenvalue weighted by atomic mass is 28.3. The van der Waals surface area contributed by atoms with Gasteiger partial charge in [0.2, 0.25) is 0 Å². The molecule has 1 heterocycles. The Kier molecular flexibility index (Phi) is 3.26. The lowest BCUT2D eigenvalue weighted by Gasteiger charge is -2.13. The molecule has 78 valence electrons. The average molecular weight is 211 g/mol. The molecule has 0 unspecified atom stereocenters. The fraction of sp³-hybridized carbons (Fsp3) is 0.600. The fourth-order valence-electron chi connectivity index (χ4n) is 1.23. The number of hydrogen-bond acceptors (Lipinski definition) is 3. The van der Waals surface area contributed by atoms with Gasteiger partial charge in [0.1, 0.15) is 8.07 Å². The highest BCUT2D eigenvalue weighted by molar-refractivity contribution is 7.06. The highest BCUT2D eigenvalue weighted by Gasteiger charge is 2.25. The van der Waals surface area contributed by atoms with Crippen LogP contribution in [-0.4, -0.2) is 32.5 Å². The molecule has 0 saturated heterocycles. The minimum atomic E-state index is -1.37. The van der Waals surface area contributed by atoms with Crippen LogP contribution in [0.3, 0.4) is 0 Å². The lowest BCUT2D eigenvalue weighted by molar-refractivity contribution is -0.138. The summed E-state index contributed by atoms with van der Waals surface area (Å²) in [6.45, 7) is 9.40. The second-order valence-electron chi connectivity index (χ2n) is 4.34. The molecule has 4 heteroatoms. The zero-order valence-corrected chi connectivity index (χ0v) is 10.3. The Balaban J connectivity index is 2.69. The van der Waals surface area contributed by atoms with Crippen molar-refractivity contribution in [2.45, 2.75) is 26.6 Å². The third-order valence-corrected chi connectivity index (χ3v) is 3.88. The zero-order chi connectivity index (χ0) is 10.8. The van der Waals surface area contributed by atoms with E-state index in [2.05, 4.69) is 24.6 Å². The van der Waals surface area contributed by atoms with Crippen molar-refractivity contribution < 1.29 is 9.53 Å². The summed E-state index contributed by atoms with van der Waals surface area (Å²) in [4.78, 5) is 15.7. The molecule has 1 aliphatic rings. The van der Waals surface area contributed by atoms with Crippen molar-refractivity contribution in [1.82, 2.24) is 0 Å². The SMILES string of the molecule is CCOC(=O)C1=CC([Si](C)(C)C)=NC1. The molecule has 0 bridgehead atoms. The number of esters is 1. The largest absolute Gasteiger partial charge is 0.463 e. The number of carbonyl (C=O) groups excluding carboxylic acids is 1. The minimum Gasteiger partial charge on any atom is -0.463 e. The predicted octanol–water partition coefficient (Wildman–Crippen LogP) is 1.81. The van der Waals surface area contributed by atoms with Gasteiger partial charge in [-0.15, -0.1) is 0 Å². The zero-order valence-electron chi connectivity index (χ0n) is 9.26. The van der Waals surface area contributed by atoms with E-state index in [4.69, 9.17) is 4.74 Å². The third kappa shape index (κ3) is 2.54. The van der Waals surface area contributed by atoms with E-state index >= 15 is 0 Å². The second kappa shape index (κ2) is 4.08. The van der Waals surface area contributed by atoms with Crippen molar-refractivity contribution in [2.75, 3.05) is 13.2 Å². The summed E-state index contributed by atoms with van der Waals surface area (Å²) in [5, 5.41) is 1.11. The van der Waals surface area contributed by atoms with Gasteiger partial charge in [-0.2, -0.15) is 0 Å². The molecule has 0 amide bonds. The van der Waals surface area contributed by atoms with E-state index in [1.165, 1.54) is 0 Å². The Hall–Kier alpha value is -0.903. The second-order valence-corrected chi connectivity index (χ2v) is 9.35. The van der Waals surface area contributed by atoms with Gasteiger partial charge in [0.15, 0.2) is 0 Å². The van der Waals surface area contributed by atoms with Crippen LogP contribution in [0.15, 0.2) is 16.6 Å². The number of nitrogens with zero attached hydrogens (tertiary/aromatic N) is 1. The van der Waals surface area contributed by atoms with Crippen molar-refractivity contribution >= 4 is 19.4 Å². The van der Waals surface area contributed by atoms with E-state index in [-0.39, 0.29) is 5.97 Å². The van der Waals surface area contributed by atoms with Crippen LogP contribution in [-0.2, 0) is 9.53 Å². The molecule has 0 N–H and O–H groups in total. The fourth-order valence-corrected chi connectivity index (χ4v) is 2.39. The Bertz CT molecular complexity index is 300. The Morgan fingerprint density at radius 1 is 1.57 bits per heavy atom. The van der Waals surface area contributed by atoms with Crippen LogP contribution in [0.25, 0.3) is 0 Å². The van der Waals surface area contributed by atoms with Crippen LogP contribution < -0.4 is 0 Å². The Morgan fingerprint density at radius 3 is 2.64 bits per heavy atom. The number of ether oxygens (including phenoxy) is 1. The molecular formula is C10H17NO2Si. The topological polar surface area (TPSA) is 38.7 Å². The molecule has 0 aromatic carbocycles. The molecule has 0 spiro atoms. The first-order valence-corrected chi connectivity index (χ1v) is 8.37. The quantitative estimate of drug-likeness (QED) is 0.527. The highest BCUT2D eigenvalue weighted by Crippen LogP contribution is 2.15. The predicted molar refractivity (Wildman–Crippen MR) is 60.4 cm³/mol. The van der Waals surface area contributed by atoms with Gasteiger partial charge in [0, 0.05) is 5.33 Å². The normalized spacial score (nSPS) is 16.3. The van der Waals surface area contributed by atoms with Gasteiger partial charge in [0.25, 0.3) is 0 Å². The van der Waals surface area contributed by atoms with Crippen LogP contribution in [0, 0.1) is 0 Å². The third-order valence-electron chi connectivity index (χ3n) is 2.04. The van der Waals surface area contributed by atoms with Crippen LogP contribution >= 0.6 is 0 Å². The molecule has 0 atom stereocenters. The van der Waals surface area contributed by atoms with E-state index in [0.29, 0.717) is 18.7 Å². The molecule has 0 fully saturated rings. The van der Waals surface area contributed by atoms with Crippen molar-refractivity contribution in [3.8, 4) is 0 Å². The average Bonchev–Trinajstić information content (AvgIpc) is 2.51. The van der Waals surface area contributed by atoms with E-state index < -0.39 is 8.07 Å². The lowest BCUT2D eigenvalue weighted by Crippen LogP contribution is -2.31. The lowest BCUT2D eigenvalue weighted by atomic mass is 10.3. The summed E-state index contributed by atoms with van der Waals surface area (Å²) in [7, 11) is -1.37. The van der Waals surface area contributed by atoms with Crippen LogP contribution in [0.4, 0.5) is 0 Å². The Labute approximate surface area is 85.9 Å². The van der Waals surface area contributed by atoms with E-state index in [9.17, 15) is 4.79 Å². The first-order chi connectivity index (χ1) is 6.45. The first kappa shape index (κ1) is 11.2. The first-order valence-electron chi connectivity index (χ1n) is 4.87. The summed E-state index contributed by atoms with van der Waals surface area (Å²) in [6, 6.07) is 0. The number of hydrogen-bond donors (Lipinski definition) is 0. The summed E-state index contributed by atoms with van der Waals surface area (Å²) >= 11 is 0. The van der Waals surface area contributed by atoms with Crippen molar-refractivity contribution in [2.24, 2.45) is 4.99 Å². The van der Waals surface area contributed by atoms with Gasteiger partial charge in [-0.05, 0) is 13.0 Å². The number of carbonyl (C=O) groups is 1. The van der Waals surface area contributed by atoms with Crippen molar-refractivity contribution in [3.05, 3.63) is 11.6 Å². The molecule has 0 aromatic rings. The van der Waals surface area contributed by atoms with E-state index in [1.807, 2.05) is 13.0 Å². The van der Waals surface area contributed by atoms with E-state index in [1.54, 1.807) is 0 Å². The minimum absolute atomic E-state index is 0.218. The number of aliphatic imine (C=N–C) groups is 1. The maximum atomic E-state index is 11.4. The summed E-state index contributed by atoms with van der Waals surface area (Å²) in [6.07, 6.45) is 1.91. The van der Waals surface area contributed by atoms with Gasteiger partial charge in [-0.1, -0.05) is 19.6 Å². The smallest absolute Gasteiger partial charge is 0.335 e. The maximum absolute atomic E-state index is 11.4. The standard InChI is InChI=1S/C10H17NO2Si/c1-5-13-10(12)8-6-9(11-7-8)14(2,3)4/h6H,5,7H2,1-4H3. The summed E-state index contributed by atoms with van der Waals surface area (Å²) in [5.74, 6) is -0.218. The summed E-state index contributed by atoms with van der Waals surface area (Å²) < 4.78 is 4.92. The van der Waals surface area contributed by atoms with Crippen LogP contribution in [0.5, 0.6) is 0 Å². The van der Waals surface area contributed by atoms with Gasteiger partial charge in [-0.3, -0.25) is 4.99 Å². The molecule has 0 aromatic heterocycles. The Morgan fingerprint density at radius 2 is 2.21 bits per heavy atom. The molecular weight excluding hydrogens is 194 g/mol. The number of allylic oxidation sites excluding steroid dienone is 1. The van der Waals surface area contributed by atoms with Crippen molar-refractivity contribution in [1.29, 1.82) is 0 Å². The molecule has 0 radical (unpaired) electrons. The van der Waals surface area contributed by atoms with Crippen LogP contribution in [0.2, 0.25) is 19.6 Å².